The molecule has 9 heteroatoms. The molecule has 172 valence electrons. The molecule has 0 radical (unpaired) electrons. The molecular formula is C23H27FN2O6. The van der Waals surface area contributed by atoms with Gasteiger partial charge in [0.2, 0.25) is 0 Å². The lowest BCUT2D eigenvalue weighted by Gasteiger charge is -2.44. The van der Waals surface area contributed by atoms with Crippen molar-refractivity contribution < 1.29 is 28.5 Å². The first-order valence-corrected chi connectivity index (χ1v) is 10.5. The molecule has 2 aliphatic rings. The van der Waals surface area contributed by atoms with Crippen molar-refractivity contribution in [2.75, 3.05) is 32.4 Å². The maximum absolute atomic E-state index is 16.0. The number of halogens is 1. The second-order valence-corrected chi connectivity index (χ2v) is 8.68. The van der Waals surface area contributed by atoms with Gasteiger partial charge in [0.1, 0.15) is 5.56 Å². The monoisotopic (exact) mass is 446 g/mol. The van der Waals surface area contributed by atoms with E-state index in [4.69, 9.17) is 14.2 Å². The number of pyridine rings is 1. The maximum atomic E-state index is 16.0. The average Bonchev–Trinajstić information content (AvgIpc) is 3.06. The van der Waals surface area contributed by atoms with E-state index in [1.807, 2.05) is 18.9 Å². The normalized spacial score (nSPS) is 18.0. The van der Waals surface area contributed by atoms with Crippen molar-refractivity contribution in [1.82, 2.24) is 4.68 Å². The summed E-state index contributed by atoms with van der Waals surface area (Å²) in [6.45, 7) is 4.79. The topological polar surface area (TPSA) is 90.2 Å². The number of ether oxygens (including phenoxy) is 3. The summed E-state index contributed by atoms with van der Waals surface area (Å²) in [4.78, 5) is 24.1. The molecule has 1 atom stereocenters. The van der Waals surface area contributed by atoms with E-state index in [0.717, 1.165) is 6.42 Å². The van der Waals surface area contributed by atoms with Crippen molar-refractivity contribution in [3.05, 3.63) is 45.5 Å². The van der Waals surface area contributed by atoms with Gasteiger partial charge in [-0.1, -0.05) is 0 Å². The minimum atomic E-state index is -1.30. The number of fused-ring (bicyclic) bond motifs is 6. The van der Waals surface area contributed by atoms with E-state index >= 15 is 4.39 Å². The third-order valence-electron chi connectivity index (χ3n) is 6.23. The van der Waals surface area contributed by atoms with Crippen LogP contribution in [0.15, 0.2) is 23.1 Å². The number of carboxylic acid groups (broad SMARTS) is 1. The summed E-state index contributed by atoms with van der Waals surface area (Å²) in [5.41, 5.74) is 0.00323. The fourth-order valence-electron chi connectivity index (χ4n) is 4.75. The minimum Gasteiger partial charge on any atom is -0.493 e. The Kier molecular flexibility index (Phi) is 5.62. The maximum Gasteiger partial charge on any atom is 0.341 e. The highest BCUT2D eigenvalue weighted by molar-refractivity contribution is 5.88. The lowest BCUT2D eigenvalue weighted by atomic mass is 9.92. The molecule has 1 saturated heterocycles. The second kappa shape index (κ2) is 8.12. The van der Waals surface area contributed by atoms with Crippen LogP contribution in [0.3, 0.4) is 0 Å². The van der Waals surface area contributed by atoms with Crippen LogP contribution in [0.25, 0.3) is 11.3 Å². The Hall–Kier alpha value is -3.07. The standard InChI is InChI=1S/C23H27FN2O6/c1-23(2)7-6-15-19-13(10-18(31-4)21(20(19)24)32-9-5-8-30-3)16-11-17(27)14(22(28)29)12-25(16)26(15)23/h10-12,15H,5-9H2,1-4H3,(H,28,29)/t15-/m1/s1. The van der Waals surface area contributed by atoms with Gasteiger partial charge in [-0.25, -0.2) is 9.18 Å². The highest BCUT2D eigenvalue weighted by atomic mass is 19.1. The van der Waals surface area contributed by atoms with Crippen LogP contribution in [-0.4, -0.2) is 48.7 Å². The zero-order valence-electron chi connectivity index (χ0n) is 18.6. The molecule has 0 spiro atoms. The van der Waals surface area contributed by atoms with Gasteiger partial charge in [-0.15, -0.1) is 0 Å². The number of aromatic nitrogens is 1. The molecule has 3 heterocycles. The highest BCUT2D eigenvalue weighted by Crippen LogP contribution is 2.52. The Morgan fingerprint density at radius 3 is 2.69 bits per heavy atom. The molecule has 8 nitrogen and oxygen atoms in total. The highest BCUT2D eigenvalue weighted by Gasteiger charge is 2.47. The molecule has 1 aromatic carbocycles. The van der Waals surface area contributed by atoms with Gasteiger partial charge in [-0.2, -0.15) is 0 Å². The number of hydrogen-bond acceptors (Lipinski definition) is 6. The van der Waals surface area contributed by atoms with Crippen molar-refractivity contribution in [3.63, 3.8) is 0 Å². The van der Waals surface area contributed by atoms with Crippen molar-refractivity contribution in [3.8, 4) is 22.8 Å². The fourth-order valence-corrected chi connectivity index (χ4v) is 4.75. The molecule has 2 aromatic rings. The molecule has 4 rings (SSSR count). The molecule has 1 N–H and O–H groups in total. The molecule has 1 aromatic heterocycles. The summed E-state index contributed by atoms with van der Waals surface area (Å²) in [5.74, 6) is -1.57. The number of carbonyl (C=O) groups is 1. The Labute approximate surface area is 185 Å². The van der Waals surface area contributed by atoms with Crippen LogP contribution in [0.2, 0.25) is 0 Å². The van der Waals surface area contributed by atoms with E-state index in [-0.39, 0.29) is 35.3 Å². The van der Waals surface area contributed by atoms with Gasteiger partial charge in [0.25, 0.3) is 0 Å². The van der Waals surface area contributed by atoms with Gasteiger partial charge in [0, 0.05) is 43.5 Å². The van der Waals surface area contributed by atoms with Gasteiger partial charge in [-0.05, 0) is 32.8 Å². The minimum absolute atomic E-state index is 0.0324. The summed E-state index contributed by atoms with van der Waals surface area (Å²) < 4.78 is 33.8. The van der Waals surface area contributed by atoms with Crippen molar-refractivity contribution >= 4 is 5.97 Å². The number of hydrogen-bond donors (Lipinski definition) is 1. The van der Waals surface area contributed by atoms with E-state index in [0.29, 0.717) is 36.3 Å². The van der Waals surface area contributed by atoms with E-state index in [2.05, 4.69) is 0 Å². The van der Waals surface area contributed by atoms with E-state index in [9.17, 15) is 14.7 Å². The average molecular weight is 446 g/mol. The number of aromatic carboxylic acids is 1. The molecular weight excluding hydrogens is 419 g/mol. The molecule has 0 unspecified atom stereocenters. The van der Waals surface area contributed by atoms with Crippen molar-refractivity contribution in [2.24, 2.45) is 0 Å². The molecule has 0 aliphatic carbocycles. The fraction of sp³-hybridized carbons (Fsp3) is 0.478. The van der Waals surface area contributed by atoms with Crippen LogP contribution in [0.1, 0.15) is 55.1 Å². The summed E-state index contributed by atoms with van der Waals surface area (Å²) in [6, 6.07) is 2.58. The largest absolute Gasteiger partial charge is 0.493 e. The van der Waals surface area contributed by atoms with Gasteiger partial charge in [0.15, 0.2) is 22.7 Å². The Balaban J connectivity index is 1.94. The van der Waals surface area contributed by atoms with Crippen LogP contribution < -0.4 is 19.9 Å². The van der Waals surface area contributed by atoms with Crippen molar-refractivity contribution in [1.29, 1.82) is 0 Å². The Morgan fingerprint density at radius 1 is 1.28 bits per heavy atom. The van der Waals surface area contributed by atoms with Crippen LogP contribution in [-0.2, 0) is 4.74 Å². The van der Waals surface area contributed by atoms with Crippen molar-refractivity contribution in [2.45, 2.75) is 44.7 Å². The molecule has 1 fully saturated rings. The number of nitrogens with zero attached hydrogens (tertiary/aromatic N) is 2. The zero-order valence-corrected chi connectivity index (χ0v) is 18.6. The molecule has 0 amide bonds. The SMILES string of the molecule is COCCCOc1c(OC)cc2c(c1F)[C@H]1CCC(C)(C)N1n1cc(C(=O)O)c(=O)cc1-2. The van der Waals surface area contributed by atoms with E-state index < -0.39 is 17.2 Å². The summed E-state index contributed by atoms with van der Waals surface area (Å²) in [6.07, 6.45) is 3.36. The molecule has 0 saturated carbocycles. The van der Waals surface area contributed by atoms with Crippen LogP contribution >= 0.6 is 0 Å². The van der Waals surface area contributed by atoms with Crippen LogP contribution in [0, 0.1) is 5.82 Å². The molecule has 0 bridgehead atoms. The number of carboxylic acids is 1. The summed E-state index contributed by atoms with van der Waals surface area (Å²) in [5, 5.41) is 11.4. The number of methoxy groups -OCH3 is 2. The van der Waals surface area contributed by atoms with Gasteiger partial charge in [0.05, 0.1) is 31.0 Å². The Bertz CT molecular complexity index is 1130. The van der Waals surface area contributed by atoms with E-state index in [1.165, 1.54) is 19.4 Å². The zero-order chi connectivity index (χ0) is 23.2. The van der Waals surface area contributed by atoms with Crippen LogP contribution in [0.4, 0.5) is 4.39 Å². The first-order valence-electron chi connectivity index (χ1n) is 10.5. The third-order valence-corrected chi connectivity index (χ3v) is 6.23. The predicted octanol–water partition coefficient (Wildman–Crippen LogP) is 3.34. The second-order valence-electron chi connectivity index (χ2n) is 8.68. The number of rotatable bonds is 7. The number of benzene rings is 1. The molecule has 2 aliphatic heterocycles. The predicted molar refractivity (Wildman–Crippen MR) is 116 cm³/mol. The molecule has 32 heavy (non-hydrogen) atoms. The summed E-state index contributed by atoms with van der Waals surface area (Å²) >= 11 is 0. The lowest BCUT2D eigenvalue weighted by molar-refractivity contribution is 0.0694. The first kappa shape index (κ1) is 22.1. The third kappa shape index (κ3) is 3.40. The van der Waals surface area contributed by atoms with Gasteiger partial charge in [-0.3, -0.25) is 14.5 Å². The van der Waals surface area contributed by atoms with Gasteiger partial charge >= 0.3 is 5.97 Å². The van der Waals surface area contributed by atoms with E-state index in [1.54, 1.807) is 17.9 Å². The quantitative estimate of drug-likeness (QED) is 0.653. The lowest BCUT2D eigenvalue weighted by Crippen LogP contribution is -2.50. The van der Waals surface area contributed by atoms with Crippen LogP contribution in [0.5, 0.6) is 11.5 Å². The smallest absolute Gasteiger partial charge is 0.341 e. The Morgan fingerprint density at radius 2 is 2.03 bits per heavy atom. The first-order chi connectivity index (χ1) is 15.2. The summed E-state index contributed by atoms with van der Waals surface area (Å²) in [7, 11) is 3.02. The van der Waals surface area contributed by atoms with Gasteiger partial charge < -0.3 is 19.3 Å².